The molecule has 3 atom stereocenters. The number of nitrogens with zero attached hydrogens (tertiary/aromatic N) is 1. The van der Waals surface area contributed by atoms with Crippen molar-refractivity contribution in [3.8, 4) is 0 Å². The average Bonchev–Trinajstić information content (AvgIpc) is 2.78. The van der Waals surface area contributed by atoms with Crippen LogP contribution >= 0.6 is 0 Å². The van der Waals surface area contributed by atoms with Crippen molar-refractivity contribution in [2.75, 3.05) is 18.9 Å². The Hall–Kier alpha value is -3.03. The quantitative estimate of drug-likeness (QED) is 0.0692. The van der Waals surface area contributed by atoms with Gasteiger partial charge < -0.3 is 32.0 Å². The lowest BCUT2D eigenvalue weighted by Gasteiger charge is -2.21. The Morgan fingerprint density at radius 2 is 1.82 bits per heavy atom. The lowest BCUT2D eigenvalue weighted by Crippen LogP contribution is -2.55. The molecule has 0 spiro atoms. The molecule has 0 fully saturated rings. The lowest BCUT2D eigenvalue weighted by molar-refractivity contribution is -0.130. The van der Waals surface area contributed by atoms with E-state index in [1.807, 2.05) is 6.07 Å². The van der Waals surface area contributed by atoms with E-state index in [9.17, 15) is 27.9 Å². The number of aliphatic hydroxyl groups is 1. The van der Waals surface area contributed by atoms with Gasteiger partial charge in [-0.2, -0.15) is 0 Å². The third kappa shape index (κ3) is 11.4. The second-order valence-corrected chi connectivity index (χ2v) is 9.21. The molecule has 12 nitrogen and oxygen atoms in total. The summed E-state index contributed by atoms with van der Waals surface area (Å²) in [4.78, 5) is 39.6. The van der Waals surface area contributed by atoms with E-state index in [-0.39, 0.29) is 31.1 Å². The van der Waals surface area contributed by atoms with Gasteiger partial charge in [0, 0.05) is 6.54 Å². The minimum Gasteiger partial charge on any atom is -0.394 e. The van der Waals surface area contributed by atoms with Gasteiger partial charge in [-0.25, -0.2) is 13.1 Å². The number of amides is 2. The molecule has 13 heteroatoms. The fourth-order valence-corrected chi connectivity index (χ4v) is 3.96. The number of aliphatic imine (C=N–C) groups is 1. The van der Waals surface area contributed by atoms with Gasteiger partial charge in [0.25, 0.3) is 0 Å². The zero-order valence-electron chi connectivity index (χ0n) is 18.4. The van der Waals surface area contributed by atoms with Crippen LogP contribution in [0.2, 0.25) is 0 Å². The van der Waals surface area contributed by atoms with Crippen molar-refractivity contribution in [2.24, 2.45) is 16.5 Å². The summed E-state index contributed by atoms with van der Waals surface area (Å²) in [5.41, 5.74) is 11.2. The van der Waals surface area contributed by atoms with Crippen LogP contribution in [0.3, 0.4) is 0 Å². The number of hydrogen-bond acceptors (Lipinski definition) is 7. The topological polar surface area (TPSA) is 206 Å². The van der Waals surface area contributed by atoms with Crippen LogP contribution in [-0.4, -0.2) is 74.6 Å². The van der Waals surface area contributed by atoms with Gasteiger partial charge in [0.1, 0.15) is 18.4 Å². The number of benzene rings is 1. The molecule has 0 radical (unpaired) electrons. The Morgan fingerprint density at radius 1 is 1.15 bits per heavy atom. The number of aliphatic hydroxyl groups excluding tert-OH is 1. The number of nitrogens with two attached hydrogens (primary N) is 2. The van der Waals surface area contributed by atoms with E-state index in [1.54, 1.807) is 24.3 Å². The van der Waals surface area contributed by atoms with Gasteiger partial charge in [-0.3, -0.25) is 14.6 Å². The fraction of sp³-hybridized carbons (Fsp3) is 0.500. The molecular weight excluding hydrogens is 452 g/mol. The summed E-state index contributed by atoms with van der Waals surface area (Å²) in [7, 11) is -3.88. The van der Waals surface area contributed by atoms with Gasteiger partial charge >= 0.3 is 0 Å². The summed E-state index contributed by atoms with van der Waals surface area (Å²) in [6.07, 6.45) is 1.51. The fourth-order valence-electron chi connectivity index (χ4n) is 2.73. The van der Waals surface area contributed by atoms with Crippen LogP contribution in [0, 0.1) is 0 Å². The molecular formula is C20H32N6O6S. The molecule has 0 saturated heterocycles. The lowest BCUT2D eigenvalue weighted by atomic mass is 10.1. The van der Waals surface area contributed by atoms with Crippen molar-refractivity contribution < 1.29 is 27.9 Å². The smallest absolute Gasteiger partial charge is 0.242 e. The third-order valence-electron chi connectivity index (χ3n) is 4.53. The molecule has 0 bridgehead atoms. The molecule has 184 valence electrons. The first-order valence-electron chi connectivity index (χ1n) is 10.3. The maximum atomic E-state index is 12.4. The molecule has 1 aromatic carbocycles. The monoisotopic (exact) mass is 484 g/mol. The summed E-state index contributed by atoms with van der Waals surface area (Å²) >= 11 is 0. The summed E-state index contributed by atoms with van der Waals surface area (Å²) in [6.45, 7) is 0.858. The van der Waals surface area contributed by atoms with Gasteiger partial charge in [-0.1, -0.05) is 30.3 Å². The molecule has 1 rings (SSSR count). The van der Waals surface area contributed by atoms with Gasteiger partial charge in [-0.15, -0.1) is 0 Å². The Kier molecular flexibility index (Phi) is 12.0. The molecule has 0 aliphatic carbocycles. The van der Waals surface area contributed by atoms with Crippen LogP contribution in [-0.2, 0) is 30.8 Å². The predicted octanol–water partition coefficient (Wildman–Crippen LogP) is -2.25. The molecule has 8 N–H and O–H groups in total. The third-order valence-corrected chi connectivity index (χ3v) is 5.92. The molecule has 2 amide bonds. The first kappa shape index (κ1) is 28.0. The van der Waals surface area contributed by atoms with Gasteiger partial charge in [-0.05, 0) is 31.7 Å². The molecule has 0 aliphatic rings. The second-order valence-electron chi connectivity index (χ2n) is 7.34. The molecule has 0 aromatic heterocycles. The second kappa shape index (κ2) is 14.2. The van der Waals surface area contributed by atoms with E-state index in [0.29, 0.717) is 12.7 Å². The van der Waals surface area contributed by atoms with Crippen LogP contribution < -0.4 is 26.8 Å². The number of aldehydes is 1. The average molecular weight is 485 g/mol. The number of sulfonamides is 1. The van der Waals surface area contributed by atoms with E-state index in [0.717, 1.165) is 5.56 Å². The largest absolute Gasteiger partial charge is 0.394 e. The highest BCUT2D eigenvalue weighted by Gasteiger charge is 2.27. The van der Waals surface area contributed by atoms with Crippen molar-refractivity contribution >= 4 is 34.1 Å². The highest BCUT2D eigenvalue weighted by Crippen LogP contribution is 2.03. The maximum Gasteiger partial charge on any atom is 0.242 e. The molecule has 3 unspecified atom stereocenters. The first-order chi connectivity index (χ1) is 15.6. The van der Waals surface area contributed by atoms with E-state index in [2.05, 4.69) is 20.3 Å². The maximum absolute atomic E-state index is 12.4. The van der Waals surface area contributed by atoms with Crippen molar-refractivity contribution in [3.63, 3.8) is 0 Å². The standard InChI is InChI=1S/C20H32N6O6S/c1-14(18(29)25-16(12-27)8-5-10-23-20(21)22)24-19(30)17(13-28)26-33(31,32)11-9-15-6-3-2-4-7-15/h2-4,6-7,12,14,16-17,26,28H,5,8-11,13H2,1H3,(H,24,30)(H,25,29)(H4,21,22,23). The number of rotatable bonds is 15. The van der Waals surface area contributed by atoms with Crippen molar-refractivity contribution in [1.82, 2.24) is 15.4 Å². The number of aryl methyl sites for hydroxylation is 1. The summed E-state index contributed by atoms with van der Waals surface area (Å²) < 4.78 is 26.7. The predicted molar refractivity (Wildman–Crippen MR) is 123 cm³/mol. The Morgan fingerprint density at radius 3 is 2.39 bits per heavy atom. The van der Waals surface area contributed by atoms with Crippen LogP contribution in [0.15, 0.2) is 35.3 Å². The molecule has 33 heavy (non-hydrogen) atoms. The highest BCUT2D eigenvalue weighted by atomic mass is 32.2. The Bertz CT molecular complexity index is 905. The number of carbonyl (C=O) groups is 3. The van der Waals surface area contributed by atoms with E-state index in [4.69, 9.17) is 11.5 Å². The molecule has 0 saturated carbocycles. The van der Waals surface area contributed by atoms with Gasteiger partial charge in [0.05, 0.1) is 18.4 Å². The van der Waals surface area contributed by atoms with Crippen LogP contribution in [0.4, 0.5) is 0 Å². The Balaban J connectivity index is 2.56. The molecule has 0 aliphatic heterocycles. The van der Waals surface area contributed by atoms with Crippen LogP contribution in [0.25, 0.3) is 0 Å². The SMILES string of the molecule is CC(NC(=O)C(CO)NS(=O)(=O)CCc1ccccc1)C(=O)NC(C=O)CCCN=C(N)N. The minimum absolute atomic E-state index is 0.0767. The van der Waals surface area contributed by atoms with Crippen LogP contribution in [0.5, 0.6) is 0 Å². The zero-order chi connectivity index (χ0) is 24.9. The number of hydrogen-bond donors (Lipinski definition) is 6. The van der Waals surface area contributed by atoms with E-state index in [1.165, 1.54) is 6.92 Å². The summed E-state index contributed by atoms with van der Waals surface area (Å²) in [6, 6.07) is 5.57. The van der Waals surface area contributed by atoms with Crippen molar-refractivity contribution in [3.05, 3.63) is 35.9 Å². The minimum atomic E-state index is -3.88. The molecule has 0 heterocycles. The summed E-state index contributed by atoms with van der Waals surface area (Å²) in [5.74, 6) is -1.88. The zero-order valence-corrected chi connectivity index (χ0v) is 19.3. The van der Waals surface area contributed by atoms with Gasteiger partial charge in [0.2, 0.25) is 21.8 Å². The van der Waals surface area contributed by atoms with Crippen molar-refractivity contribution in [2.45, 2.75) is 44.3 Å². The first-order valence-corrected chi connectivity index (χ1v) is 12.0. The number of nitrogens with one attached hydrogen (secondary N) is 3. The number of carbonyl (C=O) groups excluding carboxylic acids is 3. The van der Waals surface area contributed by atoms with Crippen LogP contribution in [0.1, 0.15) is 25.3 Å². The van der Waals surface area contributed by atoms with Gasteiger partial charge in [0.15, 0.2) is 5.96 Å². The van der Waals surface area contributed by atoms with E-state index < -0.39 is 46.6 Å². The number of guanidine groups is 1. The Labute approximate surface area is 193 Å². The van der Waals surface area contributed by atoms with E-state index >= 15 is 0 Å². The summed E-state index contributed by atoms with van der Waals surface area (Å²) in [5, 5.41) is 14.3. The van der Waals surface area contributed by atoms with Crippen molar-refractivity contribution in [1.29, 1.82) is 0 Å². The highest BCUT2D eigenvalue weighted by molar-refractivity contribution is 7.89. The molecule has 1 aromatic rings. The normalized spacial score (nSPS) is 13.9.